The predicted molar refractivity (Wildman–Crippen MR) is 92.9 cm³/mol. The normalized spacial score (nSPS) is 27.9. The van der Waals surface area contributed by atoms with E-state index in [1.807, 2.05) is 19.9 Å². The fraction of sp³-hybridized carbons (Fsp3) is 0.400. The number of Topliss-reactive ketones (excluding diaryl/α,β-unsaturated/α-hetero) is 2. The molecule has 132 valence electrons. The molecule has 0 aliphatic heterocycles. The summed E-state index contributed by atoms with van der Waals surface area (Å²) in [5.74, 6) is -1.41. The third kappa shape index (κ3) is 2.34. The Morgan fingerprint density at radius 2 is 1.76 bits per heavy atom. The first-order chi connectivity index (χ1) is 11.6. The topological polar surface area (TPSA) is 94.8 Å². The summed E-state index contributed by atoms with van der Waals surface area (Å²) >= 11 is 0. The Balaban J connectivity index is 2.26. The van der Waals surface area contributed by atoms with Crippen molar-refractivity contribution in [1.29, 1.82) is 0 Å². The summed E-state index contributed by atoms with van der Waals surface area (Å²) in [6, 6.07) is 0. The predicted octanol–water partition coefficient (Wildman–Crippen LogP) is 3.15. The molecule has 5 nitrogen and oxygen atoms in total. The maximum Gasteiger partial charge on any atom is 0.227 e. The van der Waals surface area contributed by atoms with Crippen LogP contribution in [0, 0.1) is 5.41 Å². The molecule has 0 saturated heterocycles. The number of hydrogen-bond acceptors (Lipinski definition) is 5. The minimum atomic E-state index is -0.866. The molecule has 0 saturated carbocycles. The highest BCUT2D eigenvalue weighted by Gasteiger charge is 2.48. The maximum atomic E-state index is 12.6. The zero-order valence-corrected chi connectivity index (χ0v) is 14.8. The first-order valence-electron chi connectivity index (χ1n) is 8.32. The first kappa shape index (κ1) is 17.4. The summed E-state index contributed by atoms with van der Waals surface area (Å²) in [5.41, 5.74) is 2.15. The van der Waals surface area contributed by atoms with Gasteiger partial charge in [-0.2, -0.15) is 0 Å². The summed E-state index contributed by atoms with van der Waals surface area (Å²) in [4.78, 5) is 25.0. The van der Waals surface area contributed by atoms with Crippen molar-refractivity contribution in [2.24, 2.45) is 5.41 Å². The van der Waals surface area contributed by atoms with E-state index in [2.05, 4.69) is 0 Å². The van der Waals surface area contributed by atoms with Crippen molar-refractivity contribution < 1.29 is 24.9 Å². The van der Waals surface area contributed by atoms with Crippen LogP contribution >= 0.6 is 0 Å². The van der Waals surface area contributed by atoms with E-state index in [9.17, 15) is 24.9 Å². The third-order valence-corrected chi connectivity index (χ3v) is 5.50. The summed E-state index contributed by atoms with van der Waals surface area (Å²) in [6.07, 6.45) is 2.75. The zero-order valence-electron chi connectivity index (χ0n) is 14.8. The van der Waals surface area contributed by atoms with Crippen molar-refractivity contribution in [2.45, 2.75) is 46.6 Å². The minimum Gasteiger partial charge on any atom is -0.507 e. The van der Waals surface area contributed by atoms with Crippen molar-refractivity contribution in [3.8, 4) is 0 Å². The molecule has 0 aromatic rings. The van der Waals surface area contributed by atoms with Crippen LogP contribution in [-0.4, -0.2) is 33.0 Å². The Morgan fingerprint density at radius 3 is 2.36 bits per heavy atom. The Kier molecular flexibility index (Phi) is 3.88. The van der Waals surface area contributed by atoms with Gasteiger partial charge in [0.2, 0.25) is 5.78 Å². The summed E-state index contributed by atoms with van der Waals surface area (Å²) < 4.78 is 0. The van der Waals surface area contributed by atoms with Gasteiger partial charge in [0.15, 0.2) is 11.5 Å². The fourth-order valence-corrected chi connectivity index (χ4v) is 4.05. The highest BCUT2D eigenvalue weighted by atomic mass is 16.3. The molecule has 3 rings (SSSR count). The molecule has 0 amide bonds. The van der Waals surface area contributed by atoms with Crippen molar-refractivity contribution in [3.05, 3.63) is 57.1 Å². The molecule has 3 aliphatic rings. The monoisotopic (exact) mass is 342 g/mol. The molecule has 0 bridgehead atoms. The number of rotatable bonds is 2. The smallest absolute Gasteiger partial charge is 0.227 e. The average molecular weight is 342 g/mol. The van der Waals surface area contributed by atoms with Gasteiger partial charge in [-0.05, 0) is 37.5 Å². The van der Waals surface area contributed by atoms with E-state index >= 15 is 0 Å². The van der Waals surface area contributed by atoms with Gasteiger partial charge < -0.3 is 15.3 Å². The molecule has 0 radical (unpaired) electrons. The lowest BCUT2D eigenvalue weighted by atomic mass is 9.59. The molecule has 5 heteroatoms. The third-order valence-electron chi connectivity index (χ3n) is 5.50. The van der Waals surface area contributed by atoms with Gasteiger partial charge in [0.1, 0.15) is 5.76 Å². The first-order valence-corrected chi connectivity index (χ1v) is 8.32. The van der Waals surface area contributed by atoms with Gasteiger partial charge in [-0.25, -0.2) is 0 Å². The number of ketones is 2. The average Bonchev–Trinajstić information content (AvgIpc) is 2.53. The Labute approximate surface area is 146 Å². The Hall–Kier alpha value is -2.40. The van der Waals surface area contributed by atoms with Crippen molar-refractivity contribution in [2.75, 3.05) is 0 Å². The highest BCUT2D eigenvalue weighted by Crippen LogP contribution is 2.54. The number of hydrogen-bond donors (Lipinski definition) is 3. The summed E-state index contributed by atoms with van der Waals surface area (Å²) in [6.45, 7) is 6.95. The van der Waals surface area contributed by atoms with Gasteiger partial charge in [0.25, 0.3) is 0 Å². The number of carbonyl (C=O) groups is 2. The van der Waals surface area contributed by atoms with E-state index in [0.29, 0.717) is 16.7 Å². The van der Waals surface area contributed by atoms with E-state index < -0.39 is 23.1 Å². The minimum absolute atomic E-state index is 0.00599. The van der Waals surface area contributed by atoms with Crippen molar-refractivity contribution in [1.82, 2.24) is 0 Å². The SMILES string of the molecule is CC1=C(C)C2=CC=C3C(O)=C(C[C@@H](C)O)C(=O)C(O)=C3[C@@]2(C)CC1=O. The van der Waals surface area contributed by atoms with E-state index in [1.165, 1.54) is 6.92 Å². The lowest BCUT2D eigenvalue weighted by Gasteiger charge is -2.43. The fourth-order valence-electron chi connectivity index (χ4n) is 4.05. The molecule has 0 spiro atoms. The van der Waals surface area contributed by atoms with Gasteiger partial charge in [0.05, 0.1) is 6.10 Å². The van der Waals surface area contributed by atoms with Crippen LogP contribution in [0.15, 0.2) is 57.1 Å². The molecule has 3 aliphatic carbocycles. The molecule has 0 heterocycles. The Bertz CT molecular complexity index is 861. The standard InChI is InChI=1S/C20H22O5/c1-9(21)7-13-17(23)12-5-6-14-10(2)11(3)15(22)8-20(14,4)16(12)19(25)18(13)24/h5-6,9,21,23,25H,7-8H2,1-4H3/t9-,20+/m1/s1. The van der Waals surface area contributed by atoms with E-state index in [0.717, 1.165) is 11.1 Å². The summed E-state index contributed by atoms with van der Waals surface area (Å²) in [7, 11) is 0. The molecule has 0 fully saturated rings. The van der Waals surface area contributed by atoms with Gasteiger partial charge >= 0.3 is 0 Å². The molecule has 0 aromatic heterocycles. The lowest BCUT2D eigenvalue weighted by molar-refractivity contribution is -0.118. The van der Waals surface area contributed by atoms with Crippen LogP contribution in [0.25, 0.3) is 0 Å². The van der Waals surface area contributed by atoms with Gasteiger partial charge in [0, 0.05) is 35.0 Å². The Morgan fingerprint density at radius 1 is 1.12 bits per heavy atom. The van der Waals surface area contributed by atoms with E-state index in [1.54, 1.807) is 13.0 Å². The van der Waals surface area contributed by atoms with Crippen LogP contribution in [0.2, 0.25) is 0 Å². The van der Waals surface area contributed by atoms with Crippen LogP contribution < -0.4 is 0 Å². The van der Waals surface area contributed by atoms with Crippen LogP contribution in [-0.2, 0) is 9.59 Å². The van der Waals surface area contributed by atoms with Crippen LogP contribution in [0.3, 0.4) is 0 Å². The van der Waals surface area contributed by atoms with Crippen LogP contribution in [0.4, 0.5) is 0 Å². The van der Waals surface area contributed by atoms with Gasteiger partial charge in [-0.1, -0.05) is 19.1 Å². The molecular formula is C20H22O5. The van der Waals surface area contributed by atoms with Gasteiger partial charge in [-0.15, -0.1) is 0 Å². The highest BCUT2D eigenvalue weighted by molar-refractivity contribution is 6.11. The van der Waals surface area contributed by atoms with Gasteiger partial charge in [-0.3, -0.25) is 9.59 Å². The van der Waals surface area contributed by atoms with Crippen LogP contribution in [0.5, 0.6) is 0 Å². The van der Waals surface area contributed by atoms with Crippen molar-refractivity contribution in [3.63, 3.8) is 0 Å². The maximum absolute atomic E-state index is 12.6. The molecule has 2 atom stereocenters. The molecule has 0 aromatic carbocycles. The zero-order chi connectivity index (χ0) is 18.7. The lowest BCUT2D eigenvalue weighted by Crippen LogP contribution is -2.37. The number of aliphatic hydroxyl groups excluding tert-OH is 3. The second-order valence-corrected chi connectivity index (χ2v) is 7.28. The molecular weight excluding hydrogens is 320 g/mol. The number of carbonyl (C=O) groups excluding carboxylic acids is 2. The molecule has 3 N–H and O–H groups in total. The molecule has 25 heavy (non-hydrogen) atoms. The quantitative estimate of drug-likeness (QED) is 0.716. The van der Waals surface area contributed by atoms with E-state index in [4.69, 9.17) is 0 Å². The largest absolute Gasteiger partial charge is 0.507 e. The second-order valence-electron chi connectivity index (χ2n) is 7.28. The van der Waals surface area contributed by atoms with Crippen molar-refractivity contribution >= 4 is 11.6 Å². The number of fused-ring (bicyclic) bond motifs is 3. The van der Waals surface area contributed by atoms with Crippen LogP contribution in [0.1, 0.15) is 40.5 Å². The summed E-state index contributed by atoms with van der Waals surface area (Å²) in [5, 5.41) is 30.8. The number of allylic oxidation sites excluding steroid dienone is 7. The molecule has 0 unspecified atom stereocenters. The second kappa shape index (κ2) is 5.56. The number of aliphatic hydroxyl groups is 3. The van der Waals surface area contributed by atoms with E-state index in [-0.39, 0.29) is 30.0 Å².